The second-order valence-electron chi connectivity index (χ2n) is 9.77. The van der Waals surface area contributed by atoms with Crippen LogP contribution in [0, 0.1) is 0 Å². The van der Waals surface area contributed by atoms with E-state index in [1.807, 2.05) is 24.3 Å². The van der Waals surface area contributed by atoms with E-state index in [4.69, 9.17) is 28.7 Å². The molecule has 0 fully saturated rings. The molecule has 0 aliphatic rings. The molecule has 43 heavy (non-hydrogen) atoms. The smallest absolute Gasteiger partial charge is 0.326 e. The molecule has 2 rings (SSSR count). The topological polar surface area (TPSA) is 295 Å². The van der Waals surface area contributed by atoms with E-state index >= 15 is 0 Å². The largest absolute Gasteiger partial charge is 0.480 e. The second kappa shape index (κ2) is 17.4. The number of nitrogens with two attached hydrogens (primary N) is 5. The van der Waals surface area contributed by atoms with Gasteiger partial charge < -0.3 is 54.7 Å². The quantitative estimate of drug-likeness (QED) is 0.0364. The second-order valence-corrected chi connectivity index (χ2v) is 10.1. The Morgan fingerprint density at radius 1 is 0.837 bits per heavy atom. The van der Waals surface area contributed by atoms with E-state index in [-0.39, 0.29) is 62.9 Å². The van der Waals surface area contributed by atoms with E-state index < -0.39 is 47.9 Å². The normalized spacial score (nSPS) is 13.6. The highest BCUT2D eigenvalue weighted by Gasteiger charge is 2.30. The number of carboxylic acid groups (broad SMARTS) is 1. The Morgan fingerprint density at radius 2 is 1.37 bits per heavy atom. The fraction of sp³-hybridized carbons (Fsp3) is 0.462. The summed E-state index contributed by atoms with van der Waals surface area (Å²) in [6.45, 7) is 0.333. The predicted molar refractivity (Wildman–Crippen MR) is 167 cm³/mol. The van der Waals surface area contributed by atoms with E-state index in [2.05, 4.69) is 43.5 Å². The third kappa shape index (κ3) is 11.7. The van der Waals surface area contributed by atoms with Crippen molar-refractivity contribution < 1.29 is 24.3 Å². The summed E-state index contributed by atoms with van der Waals surface area (Å²) >= 11 is 4.06. The van der Waals surface area contributed by atoms with Crippen LogP contribution >= 0.6 is 12.6 Å². The molecule has 1 aromatic carbocycles. The summed E-state index contributed by atoms with van der Waals surface area (Å²) in [5, 5.41) is 18.3. The van der Waals surface area contributed by atoms with Gasteiger partial charge >= 0.3 is 5.97 Å². The predicted octanol–water partition coefficient (Wildman–Crippen LogP) is -2.39. The molecule has 4 unspecified atom stereocenters. The summed E-state index contributed by atoms with van der Waals surface area (Å²) < 4.78 is 0. The van der Waals surface area contributed by atoms with E-state index in [0.29, 0.717) is 0 Å². The zero-order valence-corrected chi connectivity index (χ0v) is 24.6. The standard InChI is InChI=1S/C26H41N11O5S/c27-16(13-43)21(38)37-20(11-14-12-34-17-6-2-1-5-15(14)17)23(40)35-18(7-3-9-32-25(28)29)22(39)36-19(24(41)42)8-4-10-33-26(30)31/h1-2,5-6,12,16,18-20,34,43H,3-4,7-11,13,27H2,(H,35,40)(H,36,39)(H,37,38)(H,41,42)(H4,28,29,32)(H4,30,31,33). The van der Waals surface area contributed by atoms with E-state index in [0.717, 1.165) is 16.5 Å². The lowest BCUT2D eigenvalue weighted by molar-refractivity contribution is -0.142. The zero-order valence-electron chi connectivity index (χ0n) is 23.7. The van der Waals surface area contributed by atoms with Crippen LogP contribution in [0.4, 0.5) is 0 Å². The molecule has 16 nitrogen and oxygen atoms in total. The maximum absolute atomic E-state index is 13.6. The highest BCUT2D eigenvalue weighted by atomic mass is 32.1. The number of aliphatic imine (C=N–C) groups is 2. The minimum atomic E-state index is -1.27. The van der Waals surface area contributed by atoms with Crippen LogP contribution in [0.5, 0.6) is 0 Å². The Labute approximate surface area is 254 Å². The molecular formula is C26H41N11O5S. The van der Waals surface area contributed by atoms with Gasteiger partial charge in [-0.25, -0.2) is 4.79 Å². The Hall–Kier alpha value is -4.51. The third-order valence-corrected chi connectivity index (χ3v) is 6.80. The van der Waals surface area contributed by atoms with Crippen molar-refractivity contribution >= 4 is 59.1 Å². The lowest BCUT2D eigenvalue weighted by Gasteiger charge is -2.25. The first-order chi connectivity index (χ1) is 20.4. The van der Waals surface area contributed by atoms with Gasteiger partial charge in [0.2, 0.25) is 17.7 Å². The number of para-hydroxylation sites is 1. The minimum absolute atomic E-state index is 0.0351. The molecule has 1 aromatic heterocycles. The molecule has 0 aliphatic carbocycles. The zero-order chi connectivity index (χ0) is 31.9. The molecule has 0 bridgehead atoms. The van der Waals surface area contributed by atoms with Gasteiger partial charge in [-0.3, -0.25) is 24.4 Å². The Morgan fingerprint density at radius 3 is 1.95 bits per heavy atom. The van der Waals surface area contributed by atoms with Crippen LogP contribution in [-0.2, 0) is 25.6 Å². The van der Waals surface area contributed by atoms with Gasteiger partial charge in [0, 0.05) is 42.4 Å². The number of fused-ring (bicyclic) bond motifs is 1. The Balaban J connectivity index is 2.27. The van der Waals surface area contributed by atoms with Crippen molar-refractivity contribution in [2.75, 3.05) is 18.8 Å². The number of amides is 3. The molecule has 0 saturated heterocycles. The number of carbonyl (C=O) groups excluding carboxylic acids is 3. The maximum Gasteiger partial charge on any atom is 0.326 e. The fourth-order valence-corrected chi connectivity index (χ4v) is 4.34. The summed E-state index contributed by atoms with van der Waals surface area (Å²) in [7, 11) is 0. The molecule has 3 amide bonds. The number of nitrogens with zero attached hydrogens (tertiary/aromatic N) is 2. The van der Waals surface area contributed by atoms with Gasteiger partial charge in [0.05, 0.1) is 6.04 Å². The highest BCUT2D eigenvalue weighted by molar-refractivity contribution is 7.80. The van der Waals surface area contributed by atoms with Crippen molar-refractivity contribution in [2.45, 2.75) is 56.3 Å². The summed E-state index contributed by atoms with van der Waals surface area (Å²) in [6, 6.07) is 2.90. The number of aliphatic carboxylic acids is 1. The summed E-state index contributed by atoms with van der Waals surface area (Å²) in [5.41, 5.74) is 28.8. The Bertz CT molecular complexity index is 1310. The molecule has 2 aromatic rings. The summed E-state index contributed by atoms with van der Waals surface area (Å²) in [4.78, 5) is 62.3. The maximum atomic E-state index is 13.6. The van der Waals surface area contributed by atoms with Gasteiger partial charge in [-0.2, -0.15) is 12.6 Å². The molecule has 0 spiro atoms. The number of nitrogens with one attached hydrogen (secondary N) is 4. The average molecular weight is 620 g/mol. The number of guanidine groups is 2. The number of carboxylic acids is 1. The van der Waals surface area contributed by atoms with Gasteiger partial charge in [0.25, 0.3) is 0 Å². The molecule has 17 heteroatoms. The number of carbonyl (C=O) groups is 4. The van der Waals surface area contributed by atoms with Crippen molar-refractivity contribution in [1.82, 2.24) is 20.9 Å². The number of thiol groups is 1. The van der Waals surface area contributed by atoms with Crippen LogP contribution in [0.2, 0.25) is 0 Å². The number of aromatic nitrogens is 1. The first-order valence-corrected chi connectivity index (χ1v) is 14.2. The SMILES string of the molecule is NC(N)=NCCCC(NC(=O)C(CCCN=C(N)N)NC(=O)C(Cc1c[nH]c2ccccc12)NC(=O)C(N)CS)C(=O)O. The summed E-state index contributed by atoms with van der Waals surface area (Å²) in [6.07, 6.45) is 2.47. The monoisotopic (exact) mass is 619 g/mol. The van der Waals surface area contributed by atoms with Crippen molar-refractivity contribution in [3.63, 3.8) is 0 Å². The van der Waals surface area contributed by atoms with Crippen molar-refractivity contribution in [3.05, 3.63) is 36.0 Å². The van der Waals surface area contributed by atoms with Crippen molar-refractivity contribution in [3.8, 4) is 0 Å². The Kier molecular flexibility index (Phi) is 14.1. The lowest BCUT2D eigenvalue weighted by Crippen LogP contribution is -2.57. The van der Waals surface area contributed by atoms with E-state index in [9.17, 15) is 24.3 Å². The van der Waals surface area contributed by atoms with Crippen LogP contribution in [0.1, 0.15) is 31.2 Å². The van der Waals surface area contributed by atoms with Gasteiger partial charge in [-0.15, -0.1) is 0 Å². The van der Waals surface area contributed by atoms with Gasteiger partial charge in [0.15, 0.2) is 11.9 Å². The average Bonchev–Trinajstić information content (AvgIpc) is 3.37. The third-order valence-electron chi connectivity index (χ3n) is 6.40. The number of hydrogen-bond acceptors (Lipinski definition) is 8. The molecule has 236 valence electrons. The lowest BCUT2D eigenvalue weighted by atomic mass is 10.0. The number of hydrogen-bond donors (Lipinski definition) is 11. The molecule has 1 heterocycles. The van der Waals surface area contributed by atoms with Crippen LogP contribution in [0.15, 0.2) is 40.4 Å². The van der Waals surface area contributed by atoms with Crippen LogP contribution < -0.4 is 44.6 Å². The number of benzene rings is 1. The number of H-pyrrole nitrogens is 1. The van der Waals surface area contributed by atoms with Crippen LogP contribution in [-0.4, -0.2) is 88.7 Å². The first kappa shape index (κ1) is 34.7. The van der Waals surface area contributed by atoms with Gasteiger partial charge in [0.1, 0.15) is 18.1 Å². The molecule has 15 N–H and O–H groups in total. The minimum Gasteiger partial charge on any atom is -0.480 e. The van der Waals surface area contributed by atoms with E-state index in [1.165, 1.54) is 0 Å². The van der Waals surface area contributed by atoms with Crippen LogP contribution in [0.25, 0.3) is 10.9 Å². The number of rotatable bonds is 18. The first-order valence-electron chi connectivity index (χ1n) is 13.6. The molecule has 0 saturated carbocycles. The summed E-state index contributed by atoms with van der Waals surface area (Å²) in [5.74, 6) is -3.52. The highest BCUT2D eigenvalue weighted by Crippen LogP contribution is 2.19. The number of aromatic amines is 1. The van der Waals surface area contributed by atoms with Gasteiger partial charge in [-0.05, 0) is 37.3 Å². The molecule has 4 atom stereocenters. The van der Waals surface area contributed by atoms with Gasteiger partial charge in [-0.1, -0.05) is 18.2 Å². The molecule has 0 aliphatic heterocycles. The van der Waals surface area contributed by atoms with Crippen LogP contribution in [0.3, 0.4) is 0 Å². The van der Waals surface area contributed by atoms with Crippen molar-refractivity contribution in [2.24, 2.45) is 38.7 Å². The van der Waals surface area contributed by atoms with E-state index in [1.54, 1.807) is 6.20 Å². The molecule has 0 radical (unpaired) electrons. The van der Waals surface area contributed by atoms with Crippen molar-refractivity contribution in [1.29, 1.82) is 0 Å². The fourth-order valence-electron chi connectivity index (χ4n) is 4.17. The molecular weight excluding hydrogens is 578 g/mol.